The molecule has 3 aromatic rings. The van der Waals surface area contributed by atoms with E-state index in [2.05, 4.69) is 10.2 Å². The Hall–Kier alpha value is -2.96. The summed E-state index contributed by atoms with van der Waals surface area (Å²) in [6.07, 6.45) is 8.03. The Labute approximate surface area is 219 Å². The lowest BCUT2D eigenvalue weighted by atomic mass is 9.95. The van der Waals surface area contributed by atoms with Crippen LogP contribution in [0.25, 0.3) is 22.5 Å². The lowest BCUT2D eigenvalue weighted by Gasteiger charge is -2.22. The van der Waals surface area contributed by atoms with Crippen molar-refractivity contribution in [1.29, 1.82) is 0 Å². The molecule has 0 spiro atoms. The van der Waals surface area contributed by atoms with Crippen LogP contribution in [-0.4, -0.2) is 54.1 Å². The van der Waals surface area contributed by atoms with Gasteiger partial charge in [-0.15, -0.1) is 0 Å². The molecule has 7 heteroatoms. The molecule has 0 saturated heterocycles. The zero-order chi connectivity index (χ0) is 25.5. The summed E-state index contributed by atoms with van der Waals surface area (Å²) in [6.45, 7) is 3.53. The van der Waals surface area contributed by atoms with E-state index in [0.29, 0.717) is 28.8 Å². The van der Waals surface area contributed by atoms with E-state index in [0.717, 1.165) is 61.0 Å². The number of carbonyl (C=O) groups excluding carboxylic acids is 1. The summed E-state index contributed by atoms with van der Waals surface area (Å²) in [4.78, 5) is 24.8. The van der Waals surface area contributed by atoms with Crippen LogP contribution in [0.15, 0.2) is 48.7 Å². The first-order valence-corrected chi connectivity index (χ1v) is 13.1. The number of benzene rings is 2. The quantitative estimate of drug-likeness (QED) is 0.352. The molecule has 1 fully saturated rings. The van der Waals surface area contributed by atoms with Gasteiger partial charge < -0.3 is 15.0 Å². The Morgan fingerprint density at radius 3 is 2.64 bits per heavy atom. The van der Waals surface area contributed by atoms with Gasteiger partial charge in [0.05, 0.1) is 29.2 Å². The van der Waals surface area contributed by atoms with Crippen LogP contribution >= 0.6 is 11.6 Å². The molecule has 1 N–H and O–H groups in total. The average molecular weight is 507 g/mol. The molecule has 190 valence electrons. The molecule has 1 amide bonds. The molecular weight excluding hydrogens is 472 g/mol. The highest BCUT2D eigenvalue weighted by atomic mass is 35.5. The summed E-state index contributed by atoms with van der Waals surface area (Å²) in [7, 11) is 4.08. The van der Waals surface area contributed by atoms with Gasteiger partial charge in [0.25, 0.3) is 5.91 Å². The Balaban J connectivity index is 1.68. The van der Waals surface area contributed by atoms with E-state index in [4.69, 9.17) is 26.3 Å². The molecule has 0 bridgehead atoms. The molecule has 2 aromatic carbocycles. The van der Waals surface area contributed by atoms with Crippen LogP contribution in [-0.2, 0) is 0 Å². The molecule has 0 atom stereocenters. The van der Waals surface area contributed by atoms with Gasteiger partial charge in [-0.3, -0.25) is 9.78 Å². The molecule has 6 nitrogen and oxygen atoms in total. The van der Waals surface area contributed by atoms with Gasteiger partial charge in [0.15, 0.2) is 0 Å². The fourth-order valence-corrected chi connectivity index (χ4v) is 4.74. The maximum Gasteiger partial charge on any atom is 0.271 e. The van der Waals surface area contributed by atoms with Crippen LogP contribution in [0, 0.1) is 6.92 Å². The minimum atomic E-state index is -0.180. The molecule has 0 radical (unpaired) electrons. The van der Waals surface area contributed by atoms with Gasteiger partial charge in [-0.05, 0) is 58.0 Å². The molecule has 4 rings (SSSR count). The minimum Gasteiger partial charge on any atom is -0.492 e. The lowest BCUT2D eigenvalue weighted by Crippen LogP contribution is -2.36. The summed E-state index contributed by atoms with van der Waals surface area (Å²) < 4.78 is 6.01. The minimum absolute atomic E-state index is 0.180. The van der Waals surface area contributed by atoms with Crippen molar-refractivity contribution >= 4 is 17.5 Å². The highest BCUT2D eigenvalue weighted by molar-refractivity contribution is 6.32. The Morgan fingerprint density at radius 2 is 1.89 bits per heavy atom. The van der Waals surface area contributed by atoms with E-state index < -0.39 is 0 Å². The number of hydrogen-bond acceptors (Lipinski definition) is 5. The first-order chi connectivity index (χ1) is 17.4. The maximum absolute atomic E-state index is 13.1. The summed E-state index contributed by atoms with van der Waals surface area (Å²) in [5.41, 5.74) is 4.54. The Morgan fingerprint density at radius 1 is 1.11 bits per heavy atom. The monoisotopic (exact) mass is 506 g/mol. The van der Waals surface area contributed by atoms with Crippen molar-refractivity contribution in [2.75, 3.05) is 27.2 Å². The van der Waals surface area contributed by atoms with Gasteiger partial charge in [0.2, 0.25) is 0 Å². The number of carbonyl (C=O) groups is 1. The Bertz CT molecular complexity index is 1190. The van der Waals surface area contributed by atoms with E-state index >= 15 is 0 Å². The highest BCUT2D eigenvalue weighted by Crippen LogP contribution is 2.35. The third-order valence-electron chi connectivity index (χ3n) is 6.56. The number of aromatic nitrogens is 2. The molecule has 1 heterocycles. The van der Waals surface area contributed by atoms with Crippen LogP contribution in [0.3, 0.4) is 0 Å². The number of rotatable bonds is 9. The number of nitrogens with zero attached hydrogens (tertiary/aromatic N) is 3. The summed E-state index contributed by atoms with van der Waals surface area (Å²) >= 11 is 6.46. The topological polar surface area (TPSA) is 67.3 Å². The van der Waals surface area contributed by atoms with Gasteiger partial charge in [-0.2, -0.15) is 0 Å². The molecule has 1 saturated carbocycles. The van der Waals surface area contributed by atoms with E-state index in [-0.39, 0.29) is 11.9 Å². The van der Waals surface area contributed by atoms with E-state index in [1.54, 1.807) is 6.20 Å². The van der Waals surface area contributed by atoms with Crippen LogP contribution in [0.1, 0.15) is 54.6 Å². The third kappa shape index (κ3) is 6.62. The van der Waals surface area contributed by atoms with Gasteiger partial charge >= 0.3 is 0 Å². The van der Waals surface area contributed by atoms with Crippen LogP contribution in [0.4, 0.5) is 0 Å². The number of nitrogens with one attached hydrogen (secondary N) is 1. The fraction of sp³-hybridized carbons (Fsp3) is 0.414. The van der Waals surface area contributed by atoms with Crippen molar-refractivity contribution in [2.45, 2.75) is 51.5 Å². The van der Waals surface area contributed by atoms with E-state index in [1.165, 1.54) is 6.42 Å². The van der Waals surface area contributed by atoms with Crippen LogP contribution in [0.5, 0.6) is 5.75 Å². The van der Waals surface area contributed by atoms with E-state index in [9.17, 15) is 4.79 Å². The maximum atomic E-state index is 13.1. The SMILES string of the molecule is Cc1ccccc1-c1ncc(C(=O)NC2CCCCC2)nc1-c1ccc(Cl)c(OCCCN(C)C)c1. The van der Waals surface area contributed by atoms with Gasteiger partial charge in [-0.25, -0.2) is 4.98 Å². The predicted octanol–water partition coefficient (Wildman–Crippen LogP) is 6.17. The number of hydrogen-bond donors (Lipinski definition) is 1. The predicted molar refractivity (Wildman–Crippen MR) is 146 cm³/mol. The molecule has 1 aromatic heterocycles. The smallest absolute Gasteiger partial charge is 0.271 e. The highest BCUT2D eigenvalue weighted by Gasteiger charge is 2.21. The van der Waals surface area contributed by atoms with Crippen molar-refractivity contribution in [2.24, 2.45) is 0 Å². The second kappa shape index (κ2) is 12.3. The largest absolute Gasteiger partial charge is 0.492 e. The number of aryl methyl sites for hydroxylation is 1. The summed E-state index contributed by atoms with van der Waals surface area (Å²) in [5.74, 6) is 0.420. The number of ether oxygens (including phenoxy) is 1. The van der Waals surface area contributed by atoms with Crippen molar-refractivity contribution < 1.29 is 9.53 Å². The second-order valence-electron chi connectivity index (χ2n) is 9.73. The molecule has 0 aliphatic heterocycles. The molecular formula is C29H35ClN4O2. The van der Waals surface area contributed by atoms with Gasteiger partial charge in [-0.1, -0.05) is 61.2 Å². The van der Waals surface area contributed by atoms with Gasteiger partial charge in [0, 0.05) is 23.7 Å². The number of halogens is 1. The normalized spacial score (nSPS) is 14.1. The molecule has 1 aliphatic carbocycles. The molecule has 0 unspecified atom stereocenters. The Kier molecular flexibility index (Phi) is 8.94. The fourth-order valence-electron chi connectivity index (χ4n) is 4.57. The first-order valence-electron chi connectivity index (χ1n) is 12.7. The van der Waals surface area contributed by atoms with E-state index in [1.807, 2.05) is 63.5 Å². The molecule has 36 heavy (non-hydrogen) atoms. The average Bonchev–Trinajstić information content (AvgIpc) is 2.88. The van der Waals surface area contributed by atoms with Crippen molar-refractivity contribution in [1.82, 2.24) is 20.2 Å². The number of amides is 1. The third-order valence-corrected chi connectivity index (χ3v) is 6.87. The molecule has 1 aliphatic rings. The van der Waals surface area contributed by atoms with Crippen molar-refractivity contribution in [3.8, 4) is 28.3 Å². The van der Waals surface area contributed by atoms with Crippen molar-refractivity contribution in [3.05, 3.63) is 64.9 Å². The van der Waals surface area contributed by atoms with Crippen LogP contribution < -0.4 is 10.1 Å². The zero-order valence-corrected chi connectivity index (χ0v) is 22.1. The zero-order valence-electron chi connectivity index (χ0n) is 21.4. The summed E-state index contributed by atoms with van der Waals surface area (Å²) in [5, 5.41) is 3.70. The van der Waals surface area contributed by atoms with Gasteiger partial charge in [0.1, 0.15) is 11.4 Å². The first kappa shape index (κ1) is 26.1. The standard InChI is InChI=1S/C29H35ClN4O2/c1-20-10-7-8-13-23(20)28-27(21-14-15-24(30)26(18-21)36-17-9-16-34(2)3)33-25(19-31-28)29(35)32-22-11-5-4-6-12-22/h7-8,10,13-15,18-19,22H,4-6,9,11-12,16-17H2,1-3H3,(H,32,35). The van der Waals surface area contributed by atoms with Crippen molar-refractivity contribution in [3.63, 3.8) is 0 Å². The second-order valence-corrected chi connectivity index (χ2v) is 10.1. The summed E-state index contributed by atoms with van der Waals surface area (Å²) in [6, 6.07) is 13.9. The lowest BCUT2D eigenvalue weighted by molar-refractivity contribution is 0.0922. The van der Waals surface area contributed by atoms with Crippen LogP contribution in [0.2, 0.25) is 5.02 Å².